The number of alkyl carbamates (subject to hydrolysis) is 1. The second kappa shape index (κ2) is 5.34. The van der Waals surface area contributed by atoms with Gasteiger partial charge in [0.1, 0.15) is 5.60 Å². The maximum atomic E-state index is 12.5. The van der Waals surface area contributed by atoms with E-state index in [-0.39, 0.29) is 13.1 Å². The molecule has 0 aromatic carbocycles. The maximum absolute atomic E-state index is 12.5. The highest BCUT2D eigenvalue weighted by Gasteiger charge is 2.40. The van der Waals surface area contributed by atoms with E-state index < -0.39 is 24.0 Å². The van der Waals surface area contributed by atoms with E-state index >= 15 is 0 Å². The number of carbonyl (C=O) groups is 1. The summed E-state index contributed by atoms with van der Waals surface area (Å²) in [5.74, 6) is 0. The quantitative estimate of drug-likeness (QED) is 0.743. The number of piperidine rings is 1. The topological polar surface area (TPSA) is 41.6 Å². The van der Waals surface area contributed by atoms with Gasteiger partial charge in [-0.25, -0.2) is 9.69 Å². The molecule has 0 aromatic heterocycles. The minimum Gasteiger partial charge on any atom is -0.444 e. The molecule has 18 heavy (non-hydrogen) atoms. The van der Waals surface area contributed by atoms with Crippen molar-refractivity contribution in [1.82, 2.24) is 10.2 Å². The lowest BCUT2D eigenvalue weighted by Crippen LogP contribution is -2.52. The molecule has 1 aliphatic rings. The molecule has 7 heteroatoms. The minimum atomic E-state index is -4.34. The number of alkyl halides is 3. The summed E-state index contributed by atoms with van der Waals surface area (Å²) in [6.45, 7) is 4.87. The van der Waals surface area contributed by atoms with E-state index in [2.05, 4.69) is 5.32 Å². The molecule has 106 valence electrons. The first-order chi connectivity index (χ1) is 8.08. The zero-order valence-electron chi connectivity index (χ0n) is 10.8. The van der Waals surface area contributed by atoms with Crippen molar-refractivity contribution < 1.29 is 22.7 Å². The van der Waals surface area contributed by atoms with E-state index in [1.54, 1.807) is 20.8 Å². The van der Waals surface area contributed by atoms with E-state index in [9.17, 15) is 18.0 Å². The fraction of sp³-hybridized carbons (Fsp3) is 0.909. The van der Waals surface area contributed by atoms with Gasteiger partial charge in [-0.2, -0.15) is 13.2 Å². The van der Waals surface area contributed by atoms with Gasteiger partial charge in [-0.15, -0.1) is 0 Å². The zero-order valence-corrected chi connectivity index (χ0v) is 10.8. The molecule has 1 N–H and O–H groups in total. The van der Waals surface area contributed by atoms with Crippen molar-refractivity contribution in [2.75, 3.05) is 13.1 Å². The van der Waals surface area contributed by atoms with Crippen LogP contribution in [0.3, 0.4) is 0 Å². The van der Waals surface area contributed by atoms with Crippen LogP contribution in [0, 0.1) is 0 Å². The molecule has 0 unspecified atom stereocenters. The lowest BCUT2D eigenvalue weighted by Gasteiger charge is -2.34. The lowest BCUT2D eigenvalue weighted by atomic mass is 10.1. The summed E-state index contributed by atoms with van der Waals surface area (Å²) >= 11 is 0. The monoisotopic (exact) mass is 268 g/mol. The first-order valence-corrected chi connectivity index (χ1v) is 5.89. The van der Waals surface area contributed by atoms with Gasteiger partial charge >= 0.3 is 12.4 Å². The van der Waals surface area contributed by atoms with Gasteiger partial charge < -0.3 is 10.1 Å². The maximum Gasteiger partial charge on any atom is 0.459 e. The van der Waals surface area contributed by atoms with E-state index in [1.165, 1.54) is 0 Å². The first kappa shape index (κ1) is 15.1. The Morgan fingerprint density at radius 3 is 2.44 bits per heavy atom. The SMILES string of the molecule is CC(C)(C)OC(=O)N[C@@H]1CCCN(C(F)(F)F)C1. The summed E-state index contributed by atoms with van der Waals surface area (Å²) in [4.78, 5) is 11.9. The van der Waals surface area contributed by atoms with Crippen molar-refractivity contribution in [2.45, 2.75) is 51.6 Å². The van der Waals surface area contributed by atoms with Gasteiger partial charge in [0.05, 0.1) is 0 Å². The van der Waals surface area contributed by atoms with Crippen LogP contribution in [-0.4, -0.2) is 42.0 Å². The minimum absolute atomic E-state index is 0.0179. The van der Waals surface area contributed by atoms with Crippen molar-refractivity contribution in [3.63, 3.8) is 0 Å². The Hall–Kier alpha value is -0.980. The smallest absolute Gasteiger partial charge is 0.444 e. The molecule has 4 nitrogen and oxygen atoms in total. The molecule has 0 bridgehead atoms. The number of amides is 1. The Balaban J connectivity index is 2.46. The molecule has 0 aromatic rings. The van der Waals surface area contributed by atoms with E-state index in [0.717, 1.165) is 0 Å². The summed E-state index contributed by atoms with van der Waals surface area (Å²) < 4.78 is 42.5. The van der Waals surface area contributed by atoms with Crippen LogP contribution in [0.25, 0.3) is 0 Å². The van der Waals surface area contributed by atoms with E-state index in [1.807, 2.05) is 0 Å². The molecule has 1 atom stereocenters. The molecule has 0 radical (unpaired) electrons. The third kappa shape index (κ3) is 5.12. The summed E-state index contributed by atoms with van der Waals surface area (Å²) in [7, 11) is 0. The van der Waals surface area contributed by atoms with Crippen molar-refractivity contribution in [3.05, 3.63) is 0 Å². The van der Waals surface area contributed by atoms with Crippen LogP contribution < -0.4 is 5.32 Å². The molecule has 0 spiro atoms. The van der Waals surface area contributed by atoms with E-state index in [4.69, 9.17) is 4.74 Å². The molecular weight excluding hydrogens is 249 g/mol. The number of halogens is 3. The number of hydrogen-bond acceptors (Lipinski definition) is 3. The Kier molecular flexibility index (Phi) is 4.47. The van der Waals surface area contributed by atoms with Gasteiger partial charge in [0.2, 0.25) is 0 Å². The second-order valence-corrected chi connectivity index (χ2v) is 5.40. The van der Waals surface area contributed by atoms with Crippen molar-refractivity contribution in [3.8, 4) is 0 Å². The number of rotatable bonds is 1. The number of carbonyl (C=O) groups excluding carboxylic acids is 1. The van der Waals surface area contributed by atoms with Gasteiger partial charge in [0.25, 0.3) is 0 Å². The standard InChI is InChI=1S/C11H19F3N2O2/c1-10(2,3)18-9(17)15-8-5-4-6-16(7-8)11(12,13)14/h8H,4-7H2,1-3H3,(H,15,17)/t8-/m1/s1. The third-order valence-electron chi connectivity index (χ3n) is 2.50. The van der Waals surface area contributed by atoms with Crippen molar-refractivity contribution in [2.24, 2.45) is 0 Å². The molecule has 1 fully saturated rings. The van der Waals surface area contributed by atoms with Gasteiger partial charge in [-0.1, -0.05) is 0 Å². The van der Waals surface area contributed by atoms with Crippen LogP contribution in [0.1, 0.15) is 33.6 Å². The molecule has 1 heterocycles. The fourth-order valence-electron chi connectivity index (χ4n) is 1.80. The predicted molar refractivity (Wildman–Crippen MR) is 60.0 cm³/mol. The highest BCUT2D eigenvalue weighted by atomic mass is 19.4. The average molecular weight is 268 g/mol. The summed E-state index contributed by atoms with van der Waals surface area (Å²) in [5.41, 5.74) is -0.650. The fourth-order valence-corrected chi connectivity index (χ4v) is 1.80. The summed E-state index contributed by atoms with van der Waals surface area (Å²) in [6, 6.07) is -0.518. The zero-order chi connectivity index (χ0) is 14.0. The molecule has 1 aliphatic heterocycles. The third-order valence-corrected chi connectivity index (χ3v) is 2.50. The lowest BCUT2D eigenvalue weighted by molar-refractivity contribution is -0.251. The molecule has 0 saturated carbocycles. The van der Waals surface area contributed by atoms with Crippen molar-refractivity contribution in [1.29, 1.82) is 0 Å². The highest BCUT2D eigenvalue weighted by Crippen LogP contribution is 2.25. The van der Waals surface area contributed by atoms with Crippen LogP contribution in [0.4, 0.5) is 18.0 Å². The van der Waals surface area contributed by atoms with E-state index in [0.29, 0.717) is 17.7 Å². The molecular formula is C11H19F3N2O2. The summed E-state index contributed by atoms with van der Waals surface area (Å²) in [6.07, 6.45) is -4.07. The average Bonchev–Trinajstić information content (AvgIpc) is 2.13. The van der Waals surface area contributed by atoms with Crippen LogP contribution in [-0.2, 0) is 4.74 Å². The van der Waals surface area contributed by atoms with Crippen LogP contribution >= 0.6 is 0 Å². The van der Waals surface area contributed by atoms with Crippen LogP contribution in [0.2, 0.25) is 0 Å². The van der Waals surface area contributed by atoms with Crippen LogP contribution in [0.5, 0.6) is 0 Å². The van der Waals surface area contributed by atoms with Crippen LogP contribution in [0.15, 0.2) is 0 Å². The van der Waals surface area contributed by atoms with Gasteiger partial charge in [0.15, 0.2) is 0 Å². The Labute approximate surface area is 104 Å². The normalized spacial score (nSPS) is 22.7. The highest BCUT2D eigenvalue weighted by molar-refractivity contribution is 5.68. The van der Waals surface area contributed by atoms with Gasteiger partial charge in [0, 0.05) is 19.1 Å². The first-order valence-electron chi connectivity index (χ1n) is 5.89. The Bertz CT molecular complexity index is 300. The molecule has 1 amide bonds. The Morgan fingerprint density at radius 2 is 1.94 bits per heavy atom. The molecule has 1 saturated heterocycles. The van der Waals surface area contributed by atoms with Crippen molar-refractivity contribution >= 4 is 6.09 Å². The number of ether oxygens (including phenoxy) is 1. The number of nitrogens with zero attached hydrogens (tertiary/aromatic N) is 1. The summed E-state index contributed by atoms with van der Waals surface area (Å²) in [5, 5.41) is 2.47. The largest absolute Gasteiger partial charge is 0.459 e. The Morgan fingerprint density at radius 1 is 1.33 bits per heavy atom. The van der Waals surface area contributed by atoms with Gasteiger partial charge in [-0.3, -0.25) is 0 Å². The predicted octanol–water partition coefficient (Wildman–Crippen LogP) is 2.50. The number of nitrogens with one attached hydrogen (secondary N) is 1. The number of likely N-dealkylation sites (tertiary alicyclic amines) is 1. The molecule has 1 rings (SSSR count). The number of hydrogen-bond donors (Lipinski definition) is 1. The molecule has 0 aliphatic carbocycles. The van der Waals surface area contributed by atoms with Gasteiger partial charge in [-0.05, 0) is 33.6 Å². The second-order valence-electron chi connectivity index (χ2n) is 5.40.